The predicted molar refractivity (Wildman–Crippen MR) is 42.4 cm³/mol. The minimum Gasteiger partial charge on any atom is -0.228 e. The maximum atomic E-state index is 11.2. The van der Waals surface area contributed by atoms with E-state index in [0.29, 0.717) is 5.92 Å². The molecule has 0 atom stereocenters. The van der Waals surface area contributed by atoms with E-state index in [-0.39, 0.29) is 0 Å². The van der Waals surface area contributed by atoms with Crippen LogP contribution in [0, 0.1) is 5.92 Å². The molecule has 3 nitrogen and oxygen atoms in total. The van der Waals surface area contributed by atoms with Gasteiger partial charge in [0.15, 0.2) is 0 Å². The summed E-state index contributed by atoms with van der Waals surface area (Å²) >= 11 is 0. The van der Waals surface area contributed by atoms with Gasteiger partial charge >= 0.3 is 0 Å². The van der Waals surface area contributed by atoms with Crippen molar-refractivity contribution < 1.29 is 8.42 Å². The molecule has 0 amide bonds. The van der Waals surface area contributed by atoms with E-state index in [1.807, 2.05) is 0 Å². The highest BCUT2D eigenvalue weighted by molar-refractivity contribution is 7.90. The second-order valence-electron chi connectivity index (χ2n) is 3.88. The van der Waals surface area contributed by atoms with E-state index < -0.39 is 14.8 Å². The van der Waals surface area contributed by atoms with Crippen LogP contribution in [-0.2, 0) is 10.0 Å². The lowest BCUT2D eigenvalue weighted by molar-refractivity contribution is 0.475. The van der Waals surface area contributed by atoms with Gasteiger partial charge in [-0.3, -0.25) is 0 Å². The van der Waals surface area contributed by atoms with Crippen molar-refractivity contribution in [1.82, 2.24) is 0 Å². The molecule has 2 N–H and O–H groups in total. The van der Waals surface area contributed by atoms with Gasteiger partial charge in [-0.15, -0.1) is 0 Å². The lowest BCUT2D eigenvalue weighted by Crippen LogP contribution is -2.39. The van der Waals surface area contributed by atoms with Gasteiger partial charge in [0.05, 0.1) is 4.75 Å². The van der Waals surface area contributed by atoms with Crippen molar-refractivity contribution in [2.24, 2.45) is 11.1 Å². The molecule has 0 aromatic heterocycles. The van der Waals surface area contributed by atoms with E-state index in [1.54, 1.807) is 0 Å². The number of primary sulfonamides is 1. The molecule has 0 saturated heterocycles. The van der Waals surface area contributed by atoms with Crippen molar-refractivity contribution in [3.63, 3.8) is 0 Å². The highest BCUT2D eigenvalue weighted by Gasteiger charge is 2.52. The van der Waals surface area contributed by atoms with Crippen LogP contribution in [0.2, 0.25) is 0 Å². The Morgan fingerprint density at radius 2 is 1.82 bits per heavy atom. The van der Waals surface area contributed by atoms with Crippen LogP contribution in [0.15, 0.2) is 0 Å². The fourth-order valence-corrected chi connectivity index (χ4v) is 3.81. The van der Waals surface area contributed by atoms with Crippen LogP contribution in [0.5, 0.6) is 0 Å². The molecule has 2 bridgehead atoms. The van der Waals surface area contributed by atoms with Crippen LogP contribution in [0.25, 0.3) is 0 Å². The normalized spacial score (nSPS) is 43.2. The number of sulfonamides is 1. The minimum atomic E-state index is -3.27. The Hall–Kier alpha value is -0.0900. The third kappa shape index (κ3) is 0.924. The van der Waals surface area contributed by atoms with Gasteiger partial charge in [-0.1, -0.05) is 0 Å². The largest absolute Gasteiger partial charge is 0.228 e. The van der Waals surface area contributed by atoms with Crippen LogP contribution in [0.3, 0.4) is 0 Å². The molecular weight excluding hydrogens is 162 g/mol. The second-order valence-corrected chi connectivity index (χ2v) is 5.83. The van der Waals surface area contributed by atoms with Crippen molar-refractivity contribution in [2.75, 3.05) is 0 Å². The molecule has 0 aliphatic heterocycles. The van der Waals surface area contributed by atoms with Gasteiger partial charge in [-0.25, -0.2) is 13.6 Å². The van der Waals surface area contributed by atoms with Gasteiger partial charge < -0.3 is 0 Å². The minimum absolute atomic E-state index is 0.502. The number of rotatable bonds is 1. The van der Waals surface area contributed by atoms with Crippen molar-refractivity contribution in [3.8, 4) is 0 Å². The Morgan fingerprint density at radius 1 is 1.27 bits per heavy atom. The molecule has 0 spiro atoms. The first-order valence-electron chi connectivity index (χ1n) is 4.06. The maximum absolute atomic E-state index is 11.2. The zero-order valence-electron chi connectivity index (χ0n) is 6.41. The molecule has 2 rings (SSSR count). The van der Waals surface area contributed by atoms with E-state index in [2.05, 4.69) is 0 Å². The third-order valence-corrected chi connectivity index (χ3v) is 5.06. The highest BCUT2D eigenvalue weighted by Crippen LogP contribution is 2.51. The maximum Gasteiger partial charge on any atom is 0.214 e. The summed E-state index contributed by atoms with van der Waals surface area (Å²) in [7, 11) is -3.27. The fraction of sp³-hybridized carbons (Fsp3) is 1.00. The molecule has 0 heterocycles. The molecule has 64 valence electrons. The summed E-state index contributed by atoms with van der Waals surface area (Å²) in [5, 5.41) is 5.19. The molecule has 11 heavy (non-hydrogen) atoms. The lowest BCUT2D eigenvalue weighted by atomic mass is 10.0. The van der Waals surface area contributed by atoms with Crippen LogP contribution in [-0.4, -0.2) is 13.2 Å². The van der Waals surface area contributed by atoms with Crippen LogP contribution < -0.4 is 5.14 Å². The Labute approximate surface area is 67.0 Å². The highest BCUT2D eigenvalue weighted by atomic mass is 32.2. The van der Waals surface area contributed by atoms with Crippen molar-refractivity contribution in [1.29, 1.82) is 0 Å². The van der Waals surface area contributed by atoms with Gasteiger partial charge in [-0.2, -0.15) is 0 Å². The molecule has 2 fully saturated rings. The fourth-order valence-electron chi connectivity index (χ4n) is 2.54. The van der Waals surface area contributed by atoms with Gasteiger partial charge in [0, 0.05) is 0 Å². The molecule has 0 aromatic carbocycles. The number of nitrogens with two attached hydrogens (primary N) is 1. The van der Waals surface area contributed by atoms with E-state index in [4.69, 9.17) is 5.14 Å². The number of hydrogen-bond donors (Lipinski definition) is 1. The van der Waals surface area contributed by atoms with Crippen molar-refractivity contribution in [3.05, 3.63) is 0 Å². The van der Waals surface area contributed by atoms with E-state index in [0.717, 1.165) is 32.1 Å². The lowest BCUT2D eigenvalue weighted by Gasteiger charge is -2.22. The molecule has 4 heteroatoms. The van der Waals surface area contributed by atoms with Crippen LogP contribution in [0.1, 0.15) is 32.1 Å². The third-order valence-electron chi connectivity index (χ3n) is 3.28. The predicted octanol–water partition coefficient (Wildman–Crippen LogP) is 0.608. The first kappa shape index (κ1) is 7.55. The summed E-state index contributed by atoms with van der Waals surface area (Å²) in [6.07, 6.45) is 4.56. The smallest absolute Gasteiger partial charge is 0.214 e. The summed E-state index contributed by atoms with van der Waals surface area (Å²) in [5.41, 5.74) is 0. The van der Waals surface area contributed by atoms with E-state index in [1.165, 1.54) is 0 Å². The summed E-state index contributed by atoms with van der Waals surface area (Å²) in [4.78, 5) is 0. The molecule has 0 unspecified atom stereocenters. The second kappa shape index (κ2) is 1.98. The average Bonchev–Trinajstić information content (AvgIpc) is 2.42. The molecular formula is C7H13NO2S. The first-order chi connectivity index (χ1) is 5.04. The topological polar surface area (TPSA) is 60.2 Å². The van der Waals surface area contributed by atoms with Gasteiger partial charge in [-0.05, 0) is 38.0 Å². The zero-order valence-corrected chi connectivity index (χ0v) is 7.23. The molecule has 0 radical (unpaired) electrons. The Morgan fingerprint density at radius 3 is 2.00 bits per heavy atom. The van der Waals surface area contributed by atoms with Gasteiger partial charge in [0.25, 0.3) is 0 Å². The Kier molecular flexibility index (Phi) is 1.36. The molecule has 2 aliphatic carbocycles. The number of hydrogen-bond acceptors (Lipinski definition) is 2. The monoisotopic (exact) mass is 175 g/mol. The summed E-state index contributed by atoms with van der Waals surface area (Å²) in [5.74, 6) is 0.647. The SMILES string of the molecule is NS(=O)(=O)C12CCC(CC1)C2. The summed E-state index contributed by atoms with van der Waals surface area (Å²) in [6, 6.07) is 0. The zero-order chi connectivity index (χ0) is 8.11. The van der Waals surface area contributed by atoms with Crippen LogP contribution in [0.4, 0.5) is 0 Å². The Bertz CT molecular complexity index is 262. The van der Waals surface area contributed by atoms with Gasteiger partial charge in [0.1, 0.15) is 0 Å². The average molecular weight is 175 g/mol. The molecule has 0 aromatic rings. The quantitative estimate of drug-likeness (QED) is 0.634. The van der Waals surface area contributed by atoms with Crippen molar-refractivity contribution in [2.45, 2.75) is 36.9 Å². The van der Waals surface area contributed by atoms with E-state index >= 15 is 0 Å². The summed E-state index contributed by atoms with van der Waals surface area (Å²) in [6.45, 7) is 0. The van der Waals surface area contributed by atoms with Crippen LogP contribution >= 0.6 is 0 Å². The Balaban J connectivity index is 2.37. The van der Waals surface area contributed by atoms with Gasteiger partial charge in [0.2, 0.25) is 10.0 Å². The van der Waals surface area contributed by atoms with Crippen molar-refractivity contribution >= 4 is 10.0 Å². The molecule has 2 saturated carbocycles. The number of fused-ring (bicyclic) bond motifs is 2. The standard InChI is InChI=1S/C7H13NO2S/c8-11(9,10)7-3-1-6(5-7)2-4-7/h6H,1-5H2,(H2,8,9,10). The first-order valence-corrected chi connectivity index (χ1v) is 5.60. The van der Waals surface area contributed by atoms with E-state index in [9.17, 15) is 8.42 Å². The molecule has 2 aliphatic rings. The summed E-state index contributed by atoms with van der Waals surface area (Å²) < 4.78 is 21.9.